The van der Waals surface area contributed by atoms with Crippen LogP contribution in [-0.4, -0.2) is 38.6 Å². The zero-order chi connectivity index (χ0) is 27.2. The third kappa shape index (κ3) is 4.50. The number of ether oxygens (including phenoxy) is 1. The first-order chi connectivity index (χ1) is 18.0. The van der Waals surface area contributed by atoms with Crippen molar-refractivity contribution in [2.24, 2.45) is 5.73 Å². The van der Waals surface area contributed by atoms with E-state index in [0.29, 0.717) is 33.7 Å². The third-order valence-electron chi connectivity index (χ3n) is 7.15. The number of hydrogen-bond donors (Lipinski definition) is 2. The molecule has 3 heterocycles. The van der Waals surface area contributed by atoms with Gasteiger partial charge in [0, 0.05) is 28.5 Å². The van der Waals surface area contributed by atoms with Crippen molar-refractivity contribution in [1.82, 2.24) is 15.2 Å². The van der Waals surface area contributed by atoms with Crippen LogP contribution in [0.5, 0.6) is 5.75 Å². The highest BCUT2D eigenvalue weighted by Gasteiger charge is 2.45. The topological polar surface area (TPSA) is 128 Å². The molecule has 1 aliphatic heterocycles. The van der Waals surface area contributed by atoms with Gasteiger partial charge in [0.2, 0.25) is 5.91 Å². The maximum Gasteiger partial charge on any atom is 0.231 e. The summed E-state index contributed by atoms with van der Waals surface area (Å²) in [6.45, 7) is 5.09. The minimum Gasteiger partial charge on any atom is -0.489 e. The number of hydrogen-bond acceptors (Lipinski definition) is 7. The number of amides is 1. The number of aliphatic hydroxyl groups is 1. The highest BCUT2D eigenvalue weighted by molar-refractivity contribution is 5.99. The number of nitrogens with zero attached hydrogens (tertiary/aromatic N) is 3. The van der Waals surface area contributed by atoms with Crippen molar-refractivity contribution < 1.29 is 23.8 Å². The molecule has 0 saturated carbocycles. The summed E-state index contributed by atoms with van der Waals surface area (Å²) in [5, 5.41) is 20.5. The van der Waals surface area contributed by atoms with E-state index in [2.05, 4.69) is 15.2 Å². The van der Waals surface area contributed by atoms with Crippen molar-refractivity contribution in [3.63, 3.8) is 0 Å². The van der Waals surface area contributed by atoms with E-state index in [1.54, 1.807) is 50.2 Å². The van der Waals surface area contributed by atoms with Gasteiger partial charge < -0.3 is 15.6 Å². The van der Waals surface area contributed by atoms with E-state index in [4.69, 9.17) is 10.5 Å². The van der Waals surface area contributed by atoms with E-state index in [-0.39, 0.29) is 30.9 Å². The number of fused-ring (bicyclic) bond motifs is 2. The molecule has 0 aliphatic carbocycles. The van der Waals surface area contributed by atoms with Crippen molar-refractivity contribution in [3.8, 4) is 17.0 Å². The highest BCUT2D eigenvalue weighted by atomic mass is 19.1. The Morgan fingerprint density at radius 2 is 1.87 bits per heavy atom. The summed E-state index contributed by atoms with van der Waals surface area (Å²) < 4.78 is 19.5. The Hall–Kier alpha value is -4.24. The second-order valence-corrected chi connectivity index (χ2v) is 10.2. The van der Waals surface area contributed by atoms with Crippen LogP contribution in [0.2, 0.25) is 0 Å². The number of carbonyl (C=O) groups excluding carboxylic acids is 2. The van der Waals surface area contributed by atoms with Crippen molar-refractivity contribution >= 4 is 22.6 Å². The lowest BCUT2D eigenvalue weighted by Gasteiger charge is -2.26. The Balaban J connectivity index is 1.48. The van der Waals surface area contributed by atoms with E-state index >= 15 is 0 Å². The first kappa shape index (κ1) is 25.4. The number of Topliss-reactive ketones (excluding diaryl/α,β-unsaturated/α-hetero) is 1. The maximum absolute atomic E-state index is 13.6. The molecule has 194 valence electrons. The molecule has 9 heteroatoms. The van der Waals surface area contributed by atoms with Gasteiger partial charge in [-0.15, -0.1) is 0 Å². The minimum atomic E-state index is -1.53. The number of nitrogens with two attached hydrogens (primary N) is 1. The van der Waals surface area contributed by atoms with Crippen molar-refractivity contribution in [1.29, 1.82) is 0 Å². The molecular weight excluding hydrogens is 487 g/mol. The van der Waals surface area contributed by atoms with Crippen LogP contribution >= 0.6 is 0 Å². The molecule has 0 bridgehead atoms. The molecular formula is C29H27FN4O4. The molecule has 1 amide bonds. The first-order valence-corrected chi connectivity index (χ1v) is 12.2. The van der Waals surface area contributed by atoms with Gasteiger partial charge in [-0.1, -0.05) is 0 Å². The monoisotopic (exact) mass is 514 g/mol. The number of primary amides is 1. The van der Waals surface area contributed by atoms with Gasteiger partial charge in [-0.05, 0) is 81.8 Å². The fourth-order valence-corrected chi connectivity index (χ4v) is 4.62. The van der Waals surface area contributed by atoms with Gasteiger partial charge in [0.15, 0.2) is 5.78 Å². The Bertz CT molecular complexity index is 1590. The number of aryl methyl sites for hydroxylation is 1. The SMILES string of the molecule is Cc1cc2cc(C(=O)CC[C@](C)(O)c3cc4c(c(-c5ccc(F)cc5)n3)OC[C@]4(C)C(N)=O)ccc2nn1. The number of pyridine rings is 1. The largest absolute Gasteiger partial charge is 0.489 e. The van der Waals surface area contributed by atoms with Gasteiger partial charge in [0.1, 0.15) is 34.9 Å². The molecule has 0 fully saturated rings. The smallest absolute Gasteiger partial charge is 0.231 e. The summed E-state index contributed by atoms with van der Waals surface area (Å²) >= 11 is 0. The molecule has 5 rings (SSSR count). The zero-order valence-electron chi connectivity index (χ0n) is 21.3. The maximum atomic E-state index is 13.6. The molecule has 38 heavy (non-hydrogen) atoms. The molecule has 0 saturated heterocycles. The summed E-state index contributed by atoms with van der Waals surface area (Å²) in [6, 6.07) is 14.4. The second-order valence-electron chi connectivity index (χ2n) is 10.2. The molecule has 4 aromatic rings. The lowest BCUT2D eigenvalue weighted by molar-refractivity contribution is -0.123. The molecule has 0 radical (unpaired) electrons. The van der Waals surface area contributed by atoms with Crippen LogP contribution in [0.15, 0.2) is 54.6 Å². The fraction of sp³-hybridized carbons (Fsp3) is 0.276. The number of halogens is 1. The van der Waals surface area contributed by atoms with E-state index < -0.39 is 22.7 Å². The van der Waals surface area contributed by atoms with Crippen LogP contribution in [0.1, 0.15) is 54.0 Å². The van der Waals surface area contributed by atoms with E-state index in [1.807, 2.05) is 13.0 Å². The van der Waals surface area contributed by atoms with Gasteiger partial charge >= 0.3 is 0 Å². The van der Waals surface area contributed by atoms with Crippen LogP contribution in [0, 0.1) is 12.7 Å². The summed E-state index contributed by atoms with van der Waals surface area (Å²) in [7, 11) is 0. The molecule has 2 aromatic heterocycles. The quantitative estimate of drug-likeness (QED) is 0.355. The Labute approximate surface area is 218 Å². The zero-order valence-corrected chi connectivity index (χ0v) is 21.3. The van der Waals surface area contributed by atoms with Crippen LogP contribution in [0.25, 0.3) is 22.2 Å². The molecule has 2 aromatic carbocycles. The van der Waals surface area contributed by atoms with E-state index in [0.717, 1.165) is 11.1 Å². The van der Waals surface area contributed by atoms with Crippen LogP contribution in [-0.2, 0) is 15.8 Å². The summed E-state index contributed by atoms with van der Waals surface area (Å²) in [5.41, 5.74) is 6.66. The number of aromatic nitrogens is 3. The average Bonchev–Trinajstić information content (AvgIpc) is 3.25. The summed E-state index contributed by atoms with van der Waals surface area (Å²) in [4.78, 5) is 30.1. The molecule has 0 spiro atoms. The number of carbonyl (C=O) groups is 2. The Kier molecular flexibility index (Phi) is 6.19. The van der Waals surface area contributed by atoms with Crippen LogP contribution in [0.3, 0.4) is 0 Å². The standard InChI is InChI=1S/C29H27FN4O4/c1-16-12-19-13-18(6-9-22(19)34-33-16)23(35)10-11-29(3,37)24-14-21-26(38-15-28(21,2)27(31)36)25(32-24)17-4-7-20(30)8-5-17/h4-9,12-14,37H,10-11,15H2,1-3H3,(H2,31,36)/t28-,29-/m0/s1. The minimum absolute atomic E-state index is 0.0173. The summed E-state index contributed by atoms with van der Waals surface area (Å²) in [6.07, 6.45) is 0.116. The number of benzene rings is 2. The third-order valence-corrected chi connectivity index (χ3v) is 7.15. The number of ketones is 1. The fourth-order valence-electron chi connectivity index (χ4n) is 4.62. The van der Waals surface area contributed by atoms with E-state index in [9.17, 15) is 19.1 Å². The van der Waals surface area contributed by atoms with Gasteiger partial charge in [-0.25, -0.2) is 9.37 Å². The van der Waals surface area contributed by atoms with Crippen LogP contribution < -0.4 is 10.5 Å². The lowest BCUT2D eigenvalue weighted by atomic mass is 9.81. The predicted molar refractivity (Wildman–Crippen MR) is 139 cm³/mol. The Morgan fingerprint density at radius 3 is 2.58 bits per heavy atom. The van der Waals surface area contributed by atoms with E-state index in [1.165, 1.54) is 12.1 Å². The lowest BCUT2D eigenvalue weighted by Crippen LogP contribution is -2.40. The van der Waals surface area contributed by atoms with Gasteiger partial charge in [-0.2, -0.15) is 10.2 Å². The van der Waals surface area contributed by atoms with Gasteiger partial charge in [0.05, 0.1) is 16.9 Å². The molecule has 0 unspecified atom stereocenters. The summed E-state index contributed by atoms with van der Waals surface area (Å²) in [5.74, 6) is -0.773. The molecule has 1 aliphatic rings. The van der Waals surface area contributed by atoms with Crippen molar-refractivity contribution in [3.05, 3.63) is 82.9 Å². The molecule has 2 atom stereocenters. The van der Waals surface area contributed by atoms with Crippen LogP contribution in [0.4, 0.5) is 4.39 Å². The number of rotatable bonds is 7. The van der Waals surface area contributed by atoms with Crippen molar-refractivity contribution in [2.45, 2.75) is 44.6 Å². The predicted octanol–water partition coefficient (Wildman–Crippen LogP) is 4.15. The normalized spacial score (nSPS) is 18.0. The van der Waals surface area contributed by atoms with Gasteiger partial charge in [-0.3, -0.25) is 9.59 Å². The second kappa shape index (κ2) is 9.25. The van der Waals surface area contributed by atoms with Gasteiger partial charge in [0.25, 0.3) is 0 Å². The molecule has 8 nitrogen and oxygen atoms in total. The average molecular weight is 515 g/mol. The Morgan fingerprint density at radius 1 is 1.13 bits per heavy atom. The van der Waals surface area contributed by atoms with Crippen molar-refractivity contribution in [2.75, 3.05) is 6.61 Å². The molecule has 3 N–H and O–H groups in total. The first-order valence-electron chi connectivity index (χ1n) is 12.2. The highest BCUT2D eigenvalue weighted by Crippen LogP contribution is 2.46.